The molecule has 5 heteroatoms. The van der Waals surface area contributed by atoms with Crippen LogP contribution in [0.3, 0.4) is 0 Å². The maximum Gasteiger partial charge on any atom is 0.147 e. The number of hydrogen-bond acceptors (Lipinski definition) is 5. The number of aromatic nitrogens is 2. The first-order valence-corrected chi connectivity index (χ1v) is 6.32. The Kier molecular flexibility index (Phi) is 6.32. The van der Waals surface area contributed by atoms with Crippen LogP contribution in [0.2, 0.25) is 0 Å². The van der Waals surface area contributed by atoms with Gasteiger partial charge in [0.2, 0.25) is 0 Å². The molecule has 1 heterocycles. The summed E-state index contributed by atoms with van der Waals surface area (Å²) in [6, 6.07) is 0. The monoisotopic (exact) mass is 237 g/mol. The third-order valence-electron chi connectivity index (χ3n) is 2.62. The Morgan fingerprint density at radius 3 is 2.29 bits per heavy atom. The molecule has 5 nitrogen and oxygen atoms in total. The normalized spacial score (nSPS) is 10.6. The molecule has 17 heavy (non-hydrogen) atoms. The van der Waals surface area contributed by atoms with Crippen LogP contribution in [0.4, 0.5) is 11.6 Å². The van der Waals surface area contributed by atoms with Crippen molar-refractivity contribution in [3.05, 3.63) is 12.4 Å². The van der Waals surface area contributed by atoms with E-state index in [1.54, 1.807) is 12.4 Å². The van der Waals surface area contributed by atoms with E-state index in [4.69, 9.17) is 0 Å². The minimum absolute atomic E-state index is 0.820. The summed E-state index contributed by atoms with van der Waals surface area (Å²) in [5.41, 5.74) is 0. The second-order valence-corrected chi connectivity index (χ2v) is 3.77. The minimum Gasteiger partial charge on any atom is -0.369 e. The standard InChI is InChI=1S/C12H23N5/c1-4-14-11-9-13-10-12(16-11)15-7-8-17(5-2)6-3/h9-10H,4-8H2,1-3H3,(H2,14,15,16). The topological polar surface area (TPSA) is 53.1 Å². The van der Waals surface area contributed by atoms with Crippen LogP contribution in [0.5, 0.6) is 0 Å². The van der Waals surface area contributed by atoms with Gasteiger partial charge in [-0.15, -0.1) is 0 Å². The van der Waals surface area contributed by atoms with Crippen molar-refractivity contribution in [1.82, 2.24) is 14.9 Å². The SMILES string of the molecule is CCNc1cncc(NCCN(CC)CC)n1. The van der Waals surface area contributed by atoms with Gasteiger partial charge in [-0.25, -0.2) is 4.98 Å². The highest BCUT2D eigenvalue weighted by atomic mass is 15.1. The minimum atomic E-state index is 0.820. The second kappa shape index (κ2) is 7.84. The van der Waals surface area contributed by atoms with Gasteiger partial charge in [0.05, 0.1) is 12.4 Å². The van der Waals surface area contributed by atoms with E-state index < -0.39 is 0 Å². The molecule has 0 spiro atoms. The van der Waals surface area contributed by atoms with Crippen molar-refractivity contribution >= 4 is 11.6 Å². The zero-order valence-electron chi connectivity index (χ0n) is 11.0. The van der Waals surface area contributed by atoms with Gasteiger partial charge in [-0.3, -0.25) is 4.98 Å². The average molecular weight is 237 g/mol. The molecule has 0 aliphatic heterocycles. The summed E-state index contributed by atoms with van der Waals surface area (Å²) < 4.78 is 0. The summed E-state index contributed by atoms with van der Waals surface area (Å²) in [6.45, 7) is 11.3. The number of nitrogens with zero attached hydrogens (tertiary/aromatic N) is 3. The van der Waals surface area contributed by atoms with Gasteiger partial charge in [0.15, 0.2) is 0 Å². The van der Waals surface area contributed by atoms with E-state index in [1.165, 1.54) is 0 Å². The lowest BCUT2D eigenvalue weighted by Gasteiger charge is -2.18. The molecule has 0 radical (unpaired) electrons. The highest BCUT2D eigenvalue weighted by Gasteiger charge is 2.00. The quantitative estimate of drug-likeness (QED) is 0.720. The largest absolute Gasteiger partial charge is 0.369 e. The van der Waals surface area contributed by atoms with E-state index in [0.717, 1.165) is 44.4 Å². The fourth-order valence-electron chi connectivity index (χ4n) is 1.60. The van der Waals surface area contributed by atoms with Crippen molar-refractivity contribution in [2.75, 3.05) is 43.4 Å². The van der Waals surface area contributed by atoms with Crippen LogP contribution in [-0.2, 0) is 0 Å². The van der Waals surface area contributed by atoms with E-state index in [1.807, 2.05) is 6.92 Å². The van der Waals surface area contributed by atoms with E-state index in [-0.39, 0.29) is 0 Å². The first kappa shape index (κ1) is 13.7. The number of anilines is 2. The average Bonchev–Trinajstić information content (AvgIpc) is 2.36. The van der Waals surface area contributed by atoms with Crippen molar-refractivity contribution in [3.63, 3.8) is 0 Å². The van der Waals surface area contributed by atoms with Gasteiger partial charge in [-0.05, 0) is 20.0 Å². The van der Waals surface area contributed by atoms with Gasteiger partial charge in [-0.2, -0.15) is 0 Å². The molecule has 0 saturated carbocycles. The predicted octanol–water partition coefficient (Wildman–Crippen LogP) is 1.66. The highest BCUT2D eigenvalue weighted by Crippen LogP contribution is 2.05. The van der Waals surface area contributed by atoms with Crippen LogP contribution in [0, 0.1) is 0 Å². The lowest BCUT2D eigenvalue weighted by molar-refractivity contribution is 0.316. The maximum absolute atomic E-state index is 4.41. The molecule has 0 unspecified atom stereocenters. The van der Waals surface area contributed by atoms with Crippen LogP contribution in [0.1, 0.15) is 20.8 Å². The molecule has 0 bridgehead atoms. The third kappa shape index (κ3) is 4.99. The third-order valence-corrected chi connectivity index (χ3v) is 2.62. The van der Waals surface area contributed by atoms with Crippen LogP contribution in [-0.4, -0.2) is 47.6 Å². The first-order valence-electron chi connectivity index (χ1n) is 6.32. The van der Waals surface area contributed by atoms with Crippen LogP contribution in [0.15, 0.2) is 12.4 Å². The zero-order valence-corrected chi connectivity index (χ0v) is 11.0. The summed E-state index contributed by atoms with van der Waals surface area (Å²) in [5, 5.41) is 6.43. The van der Waals surface area contributed by atoms with Crippen molar-refractivity contribution in [1.29, 1.82) is 0 Å². The van der Waals surface area contributed by atoms with Gasteiger partial charge < -0.3 is 15.5 Å². The first-order chi connectivity index (χ1) is 8.30. The summed E-state index contributed by atoms with van der Waals surface area (Å²) in [6.07, 6.45) is 3.49. The Morgan fingerprint density at radius 2 is 1.71 bits per heavy atom. The lowest BCUT2D eigenvalue weighted by atomic mass is 10.4. The molecule has 96 valence electrons. The molecule has 0 atom stereocenters. The van der Waals surface area contributed by atoms with E-state index >= 15 is 0 Å². The van der Waals surface area contributed by atoms with Gasteiger partial charge >= 0.3 is 0 Å². The van der Waals surface area contributed by atoms with Crippen LogP contribution < -0.4 is 10.6 Å². The number of nitrogens with one attached hydrogen (secondary N) is 2. The molecule has 1 rings (SSSR count). The number of rotatable bonds is 8. The van der Waals surface area contributed by atoms with Crippen molar-refractivity contribution in [2.45, 2.75) is 20.8 Å². The summed E-state index contributed by atoms with van der Waals surface area (Å²) in [4.78, 5) is 10.9. The summed E-state index contributed by atoms with van der Waals surface area (Å²) in [5.74, 6) is 1.65. The molecular weight excluding hydrogens is 214 g/mol. The molecule has 1 aromatic rings. The van der Waals surface area contributed by atoms with Crippen molar-refractivity contribution in [2.24, 2.45) is 0 Å². The fraction of sp³-hybridized carbons (Fsp3) is 0.667. The second-order valence-electron chi connectivity index (χ2n) is 3.77. The molecule has 0 aliphatic carbocycles. The fourth-order valence-corrected chi connectivity index (χ4v) is 1.60. The molecule has 0 saturated heterocycles. The summed E-state index contributed by atoms with van der Waals surface area (Å²) >= 11 is 0. The Hall–Kier alpha value is -1.36. The summed E-state index contributed by atoms with van der Waals surface area (Å²) in [7, 11) is 0. The van der Waals surface area contributed by atoms with Gasteiger partial charge in [-0.1, -0.05) is 13.8 Å². The van der Waals surface area contributed by atoms with Crippen LogP contribution in [0.25, 0.3) is 0 Å². The molecule has 2 N–H and O–H groups in total. The van der Waals surface area contributed by atoms with Crippen molar-refractivity contribution in [3.8, 4) is 0 Å². The molecule has 0 fully saturated rings. The zero-order chi connectivity index (χ0) is 12.5. The van der Waals surface area contributed by atoms with Crippen molar-refractivity contribution < 1.29 is 0 Å². The molecule has 0 aromatic carbocycles. The van der Waals surface area contributed by atoms with E-state index in [9.17, 15) is 0 Å². The highest BCUT2D eigenvalue weighted by molar-refractivity contribution is 5.41. The van der Waals surface area contributed by atoms with Gasteiger partial charge in [0, 0.05) is 19.6 Å². The van der Waals surface area contributed by atoms with E-state index in [2.05, 4.69) is 39.3 Å². The Balaban J connectivity index is 2.38. The van der Waals surface area contributed by atoms with E-state index in [0.29, 0.717) is 0 Å². The number of likely N-dealkylation sites (N-methyl/N-ethyl adjacent to an activating group) is 1. The number of hydrogen-bond donors (Lipinski definition) is 2. The Labute approximate surface area is 104 Å². The Bertz CT molecular complexity index is 312. The maximum atomic E-state index is 4.41. The smallest absolute Gasteiger partial charge is 0.147 e. The Morgan fingerprint density at radius 1 is 1.06 bits per heavy atom. The predicted molar refractivity (Wildman–Crippen MR) is 72.5 cm³/mol. The molecule has 1 aromatic heterocycles. The molecule has 0 amide bonds. The van der Waals surface area contributed by atoms with Gasteiger partial charge in [0.25, 0.3) is 0 Å². The lowest BCUT2D eigenvalue weighted by Crippen LogP contribution is -2.28. The van der Waals surface area contributed by atoms with Crippen LogP contribution >= 0.6 is 0 Å². The van der Waals surface area contributed by atoms with Gasteiger partial charge in [0.1, 0.15) is 11.6 Å². The molecular formula is C12H23N5. The molecule has 0 aliphatic rings.